The van der Waals surface area contributed by atoms with Crippen LogP contribution in [-0.4, -0.2) is 24.1 Å². The van der Waals surface area contributed by atoms with Crippen LogP contribution in [0.15, 0.2) is 91.0 Å². The number of fused-ring (bicyclic) bond motifs is 1. The van der Waals surface area contributed by atoms with E-state index in [0.29, 0.717) is 11.1 Å². The Balaban J connectivity index is 1.60. The third kappa shape index (κ3) is 5.68. The van der Waals surface area contributed by atoms with Gasteiger partial charge in [-0.1, -0.05) is 129 Å². The first-order valence-electron chi connectivity index (χ1n) is 16.4. The van der Waals surface area contributed by atoms with Crippen molar-refractivity contribution in [2.24, 2.45) is 0 Å². The Labute approximate surface area is 274 Å². The average molecular weight is 615 g/mol. The lowest BCUT2D eigenvalue weighted by Gasteiger charge is -2.50. The minimum Gasteiger partial charge on any atom is -0.454 e. The summed E-state index contributed by atoms with van der Waals surface area (Å²) in [5.41, 5.74) is 9.01. The van der Waals surface area contributed by atoms with Gasteiger partial charge in [-0.2, -0.15) is 0 Å². The molecule has 4 atom stereocenters. The van der Waals surface area contributed by atoms with Crippen LogP contribution < -0.4 is 0 Å². The maximum atomic E-state index is 13.8. The van der Waals surface area contributed by atoms with Crippen molar-refractivity contribution in [3.8, 4) is 0 Å². The summed E-state index contributed by atoms with van der Waals surface area (Å²) < 4.78 is 13.0. The minimum atomic E-state index is -0.714. The third-order valence-electron chi connectivity index (χ3n) is 9.62. The van der Waals surface area contributed by atoms with Gasteiger partial charge in [0.25, 0.3) is 0 Å². The van der Waals surface area contributed by atoms with Gasteiger partial charge in [-0.05, 0) is 79.5 Å². The molecule has 0 aliphatic heterocycles. The Morgan fingerprint density at radius 3 is 1.26 bits per heavy atom. The third-order valence-corrected chi connectivity index (χ3v) is 9.62. The van der Waals surface area contributed by atoms with E-state index in [0.717, 1.165) is 22.3 Å². The highest BCUT2D eigenvalue weighted by Crippen LogP contribution is 2.57. The number of ether oxygens (including phenoxy) is 2. The topological polar surface area (TPSA) is 52.6 Å². The molecule has 0 saturated carbocycles. The highest BCUT2D eigenvalue weighted by molar-refractivity contribution is 5.91. The Morgan fingerprint density at radius 1 is 0.478 bits per heavy atom. The van der Waals surface area contributed by atoms with Crippen LogP contribution in [0.2, 0.25) is 0 Å². The highest BCUT2D eigenvalue weighted by atomic mass is 16.6. The van der Waals surface area contributed by atoms with E-state index in [2.05, 4.69) is 92.6 Å². The minimum absolute atomic E-state index is 0.0728. The molecular weight excluding hydrogens is 568 g/mol. The zero-order chi connectivity index (χ0) is 33.2. The molecule has 0 heterocycles. The van der Waals surface area contributed by atoms with E-state index < -0.39 is 24.1 Å². The van der Waals surface area contributed by atoms with Crippen molar-refractivity contribution < 1.29 is 19.1 Å². The van der Waals surface area contributed by atoms with Crippen LogP contribution in [0.3, 0.4) is 0 Å². The van der Waals surface area contributed by atoms with Crippen LogP contribution in [0, 0.1) is 0 Å². The van der Waals surface area contributed by atoms with E-state index in [1.807, 2.05) is 36.4 Å². The van der Waals surface area contributed by atoms with Gasteiger partial charge >= 0.3 is 11.9 Å². The molecule has 4 nitrogen and oxygen atoms in total. The maximum Gasteiger partial charge on any atom is 0.338 e. The molecule has 238 valence electrons. The van der Waals surface area contributed by atoms with Crippen molar-refractivity contribution in [3.05, 3.63) is 141 Å². The molecule has 0 amide bonds. The number of benzene rings is 4. The molecule has 0 N–H and O–H groups in total. The largest absolute Gasteiger partial charge is 0.454 e. The Hall–Kier alpha value is -4.18. The first kappa shape index (κ1) is 31.8. The molecule has 3 aliphatic carbocycles. The highest BCUT2D eigenvalue weighted by Gasteiger charge is 2.55. The molecule has 0 aromatic heterocycles. The molecule has 2 bridgehead atoms. The molecule has 0 radical (unpaired) electrons. The molecule has 4 aromatic carbocycles. The van der Waals surface area contributed by atoms with Crippen molar-refractivity contribution in [1.82, 2.24) is 0 Å². The van der Waals surface area contributed by atoms with Crippen LogP contribution >= 0.6 is 0 Å². The van der Waals surface area contributed by atoms with E-state index in [9.17, 15) is 9.59 Å². The lowest BCUT2D eigenvalue weighted by Crippen LogP contribution is -2.51. The van der Waals surface area contributed by atoms with Crippen molar-refractivity contribution in [2.45, 2.75) is 103 Å². The van der Waals surface area contributed by atoms with Gasteiger partial charge in [0, 0.05) is 0 Å². The lowest BCUT2D eigenvalue weighted by atomic mass is 9.58. The monoisotopic (exact) mass is 614 g/mol. The summed E-state index contributed by atoms with van der Waals surface area (Å²) >= 11 is 0. The van der Waals surface area contributed by atoms with E-state index in [1.54, 1.807) is 24.3 Å². The van der Waals surface area contributed by atoms with Crippen LogP contribution in [0.25, 0.3) is 0 Å². The van der Waals surface area contributed by atoms with E-state index in [4.69, 9.17) is 9.47 Å². The number of carbonyl (C=O) groups is 2. The fourth-order valence-electron chi connectivity index (χ4n) is 7.23. The number of rotatable bonds is 4. The van der Waals surface area contributed by atoms with Crippen LogP contribution in [0.5, 0.6) is 0 Å². The fraction of sp³-hybridized carbons (Fsp3) is 0.381. The molecule has 4 heteroatoms. The number of carbonyl (C=O) groups excluding carboxylic acids is 2. The molecule has 4 aromatic rings. The smallest absolute Gasteiger partial charge is 0.338 e. The summed E-state index contributed by atoms with van der Waals surface area (Å²) in [4.78, 5) is 27.5. The van der Waals surface area contributed by atoms with Crippen LogP contribution in [0.4, 0.5) is 0 Å². The maximum absolute atomic E-state index is 13.8. The van der Waals surface area contributed by atoms with Gasteiger partial charge in [0.15, 0.2) is 12.2 Å². The first-order chi connectivity index (χ1) is 21.6. The van der Waals surface area contributed by atoms with Gasteiger partial charge in [-0.25, -0.2) is 9.59 Å². The second-order valence-corrected chi connectivity index (χ2v) is 16.0. The van der Waals surface area contributed by atoms with Gasteiger partial charge in [0.1, 0.15) is 0 Å². The lowest BCUT2D eigenvalue weighted by molar-refractivity contribution is -0.0558. The summed E-state index contributed by atoms with van der Waals surface area (Å²) in [7, 11) is 0. The SMILES string of the molecule is CC(C)(C)c1ccc2c(c1)[C@H]1c3cc(C(C)(C)C)c(C(C)(C)C)cc3[C@H]2C(OC(=O)c2ccccc2)C1OC(=O)c1ccccc1. The van der Waals surface area contributed by atoms with Gasteiger partial charge < -0.3 is 9.47 Å². The average Bonchev–Trinajstić information content (AvgIpc) is 3.00. The normalized spacial score (nSPS) is 20.5. The van der Waals surface area contributed by atoms with Crippen molar-refractivity contribution in [1.29, 1.82) is 0 Å². The molecule has 0 saturated heterocycles. The van der Waals surface area contributed by atoms with Crippen LogP contribution in [-0.2, 0) is 25.7 Å². The van der Waals surface area contributed by atoms with E-state index in [1.165, 1.54) is 16.7 Å². The van der Waals surface area contributed by atoms with E-state index >= 15 is 0 Å². The summed E-state index contributed by atoms with van der Waals surface area (Å²) in [5.74, 6) is -1.46. The Morgan fingerprint density at radius 2 is 0.870 bits per heavy atom. The number of hydrogen-bond donors (Lipinski definition) is 0. The molecule has 0 fully saturated rings. The standard InChI is InChI=1S/C42H46O4/c1-40(2,3)27-20-21-28-29(22-27)35-31-24-33(42(7,8)9)32(41(4,5)6)23-30(31)34(28)36(45-38(43)25-16-12-10-13-17-25)37(35)46-39(44)26-18-14-11-15-19-26/h10-24,34-37H,1-9H3/t34-,35-,36?,37?/m0/s1. The van der Waals surface area contributed by atoms with Crippen molar-refractivity contribution >= 4 is 11.9 Å². The molecule has 46 heavy (non-hydrogen) atoms. The number of esters is 2. The molecular formula is C42H46O4. The van der Waals surface area contributed by atoms with Crippen LogP contribution in [0.1, 0.15) is 134 Å². The molecule has 0 spiro atoms. The van der Waals surface area contributed by atoms with E-state index in [-0.39, 0.29) is 28.1 Å². The second-order valence-electron chi connectivity index (χ2n) is 16.0. The summed E-state index contributed by atoms with van der Waals surface area (Å²) in [6.45, 7) is 20.2. The van der Waals surface area contributed by atoms with Crippen molar-refractivity contribution in [2.75, 3.05) is 0 Å². The van der Waals surface area contributed by atoms with Crippen molar-refractivity contribution in [3.63, 3.8) is 0 Å². The van der Waals surface area contributed by atoms with Gasteiger partial charge in [-0.3, -0.25) is 0 Å². The van der Waals surface area contributed by atoms with Gasteiger partial charge in [0.05, 0.1) is 23.0 Å². The molecule has 2 unspecified atom stereocenters. The fourth-order valence-corrected chi connectivity index (χ4v) is 7.23. The quantitative estimate of drug-likeness (QED) is 0.215. The predicted molar refractivity (Wildman–Crippen MR) is 184 cm³/mol. The summed E-state index contributed by atoms with van der Waals surface area (Å²) in [6.07, 6.45) is -1.42. The zero-order valence-electron chi connectivity index (χ0n) is 28.6. The zero-order valence-corrected chi connectivity index (χ0v) is 28.6. The van der Waals surface area contributed by atoms with Gasteiger partial charge in [0.2, 0.25) is 0 Å². The molecule has 3 aliphatic rings. The Bertz CT molecular complexity index is 1780. The summed E-state index contributed by atoms with van der Waals surface area (Å²) in [6, 6.07) is 29.6. The predicted octanol–water partition coefficient (Wildman–Crippen LogP) is 9.62. The molecule has 7 rings (SSSR count). The first-order valence-corrected chi connectivity index (χ1v) is 16.4. The Kier molecular flexibility index (Phi) is 7.78. The number of hydrogen-bond acceptors (Lipinski definition) is 4. The summed E-state index contributed by atoms with van der Waals surface area (Å²) in [5, 5.41) is 0. The second kappa shape index (κ2) is 11.3. The van der Waals surface area contributed by atoms with Gasteiger partial charge in [-0.15, -0.1) is 0 Å².